The van der Waals surface area contributed by atoms with Gasteiger partial charge in [-0.05, 0) is 44.5 Å². The molecule has 1 fully saturated rings. The zero-order valence-electron chi connectivity index (χ0n) is 14.7. The maximum atomic E-state index is 9.31. The molecule has 0 spiro atoms. The first kappa shape index (κ1) is 17.4. The average molecular weight is 339 g/mol. The predicted octanol–water partition coefficient (Wildman–Crippen LogP) is 2.54. The number of rotatable bonds is 5. The van der Waals surface area contributed by atoms with Crippen molar-refractivity contribution in [2.75, 3.05) is 31.1 Å². The number of hydrogen-bond donors (Lipinski definition) is 1. The van der Waals surface area contributed by atoms with Gasteiger partial charge in [0.2, 0.25) is 0 Å². The van der Waals surface area contributed by atoms with Gasteiger partial charge in [-0.3, -0.25) is 9.98 Å². The molecule has 0 aromatic carbocycles. The molecule has 25 heavy (non-hydrogen) atoms. The lowest BCUT2D eigenvalue weighted by Crippen LogP contribution is -2.35. The molecule has 132 valence electrons. The lowest BCUT2D eigenvalue weighted by atomic mass is 9.98. The van der Waals surface area contributed by atoms with Crippen molar-refractivity contribution in [1.82, 2.24) is 9.88 Å². The van der Waals surface area contributed by atoms with Crippen LogP contribution in [0, 0.1) is 5.92 Å². The van der Waals surface area contributed by atoms with E-state index in [1.54, 1.807) is 6.20 Å². The highest BCUT2D eigenvalue weighted by Crippen LogP contribution is 2.25. The SMILES string of the molecule is C=N/C=C(/c1cccc(N2CCC(CO)CC2)n1)N1C=C(C)N=CC1. The van der Waals surface area contributed by atoms with Crippen molar-refractivity contribution in [3.8, 4) is 0 Å². The van der Waals surface area contributed by atoms with Gasteiger partial charge in [0, 0.05) is 32.1 Å². The second kappa shape index (κ2) is 8.07. The predicted molar refractivity (Wildman–Crippen MR) is 103 cm³/mol. The molecule has 0 unspecified atom stereocenters. The smallest absolute Gasteiger partial charge is 0.129 e. The number of aliphatic hydroxyl groups is 1. The molecule has 0 atom stereocenters. The van der Waals surface area contributed by atoms with Crippen LogP contribution in [0.1, 0.15) is 25.5 Å². The third-order valence-corrected chi connectivity index (χ3v) is 4.63. The molecule has 0 saturated carbocycles. The quantitative estimate of drug-likeness (QED) is 0.837. The van der Waals surface area contributed by atoms with Gasteiger partial charge in [-0.15, -0.1) is 0 Å². The summed E-state index contributed by atoms with van der Waals surface area (Å²) < 4.78 is 0. The van der Waals surface area contributed by atoms with Gasteiger partial charge in [-0.2, -0.15) is 0 Å². The minimum Gasteiger partial charge on any atom is -0.396 e. The number of aliphatic hydroxyl groups excluding tert-OH is 1. The first-order valence-electron chi connectivity index (χ1n) is 8.68. The third-order valence-electron chi connectivity index (χ3n) is 4.63. The summed E-state index contributed by atoms with van der Waals surface area (Å²) in [6.45, 7) is 8.39. The molecule has 2 aliphatic rings. The molecule has 0 bridgehead atoms. The lowest BCUT2D eigenvalue weighted by Gasteiger charge is -2.32. The van der Waals surface area contributed by atoms with Crippen LogP contribution in [-0.2, 0) is 0 Å². The first-order chi connectivity index (χ1) is 12.2. The Bertz CT molecular complexity index is 702. The third kappa shape index (κ3) is 4.14. The molecule has 6 nitrogen and oxygen atoms in total. The van der Waals surface area contributed by atoms with Gasteiger partial charge in [-0.25, -0.2) is 4.98 Å². The Labute approximate surface area is 148 Å². The van der Waals surface area contributed by atoms with Crippen LogP contribution in [0.5, 0.6) is 0 Å². The number of allylic oxidation sites excluding steroid dienone is 1. The highest BCUT2D eigenvalue weighted by Gasteiger charge is 2.20. The zero-order chi connectivity index (χ0) is 17.6. The van der Waals surface area contributed by atoms with E-state index >= 15 is 0 Å². The van der Waals surface area contributed by atoms with Crippen molar-refractivity contribution in [3.05, 3.63) is 42.0 Å². The molecular weight excluding hydrogens is 314 g/mol. The summed E-state index contributed by atoms with van der Waals surface area (Å²) in [5.74, 6) is 1.39. The Hall–Kier alpha value is -2.47. The van der Waals surface area contributed by atoms with Crippen LogP contribution in [0.25, 0.3) is 5.70 Å². The van der Waals surface area contributed by atoms with E-state index in [0.29, 0.717) is 12.5 Å². The standard InChI is InChI=1S/C19H25N5O/c1-15-13-24(11-8-21-15)18(12-20-2)17-4-3-5-19(22-17)23-9-6-16(14-25)7-10-23/h3-5,8,12-13,16,25H,2,6-7,9-11,14H2,1H3/b18-12-. The van der Waals surface area contributed by atoms with Crippen molar-refractivity contribution in [1.29, 1.82) is 0 Å². The van der Waals surface area contributed by atoms with Crippen LogP contribution < -0.4 is 4.90 Å². The van der Waals surface area contributed by atoms with Crippen LogP contribution in [-0.4, -0.2) is 54.2 Å². The molecule has 0 aliphatic carbocycles. The van der Waals surface area contributed by atoms with Gasteiger partial charge >= 0.3 is 0 Å². The number of piperidine rings is 1. The number of aromatic nitrogens is 1. The molecule has 1 saturated heterocycles. The maximum Gasteiger partial charge on any atom is 0.129 e. The minimum atomic E-state index is 0.279. The van der Waals surface area contributed by atoms with Crippen LogP contribution in [0.2, 0.25) is 0 Å². The fraction of sp³-hybridized carbons (Fsp3) is 0.421. The fourth-order valence-electron chi connectivity index (χ4n) is 3.21. The topological polar surface area (TPSA) is 64.3 Å². The largest absolute Gasteiger partial charge is 0.396 e. The van der Waals surface area contributed by atoms with Gasteiger partial charge in [-0.1, -0.05) is 6.07 Å². The summed E-state index contributed by atoms with van der Waals surface area (Å²) in [4.78, 5) is 17.5. The van der Waals surface area contributed by atoms with Crippen LogP contribution in [0.3, 0.4) is 0 Å². The van der Waals surface area contributed by atoms with Crippen molar-refractivity contribution >= 4 is 24.4 Å². The molecule has 1 aromatic heterocycles. The Morgan fingerprint density at radius 1 is 1.40 bits per heavy atom. The normalized spacial score (nSPS) is 19.1. The second-order valence-corrected chi connectivity index (χ2v) is 6.43. The van der Waals surface area contributed by atoms with E-state index in [1.165, 1.54) is 0 Å². The Morgan fingerprint density at radius 2 is 2.20 bits per heavy atom. The fourth-order valence-corrected chi connectivity index (χ4v) is 3.21. The molecule has 6 heteroatoms. The Balaban J connectivity index is 1.83. The lowest BCUT2D eigenvalue weighted by molar-refractivity contribution is 0.203. The molecule has 2 aliphatic heterocycles. The number of aliphatic imine (C=N–C) groups is 2. The van der Waals surface area contributed by atoms with Crippen molar-refractivity contribution < 1.29 is 5.11 Å². The summed E-state index contributed by atoms with van der Waals surface area (Å²) in [5, 5.41) is 9.31. The van der Waals surface area contributed by atoms with E-state index < -0.39 is 0 Å². The molecule has 3 heterocycles. The van der Waals surface area contributed by atoms with Crippen LogP contribution in [0.4, 0.5) is 5.82 Å². The van der Waals surface area contributed by atoms with Gasteiger partial charge in [0.05, 0.1) is 29.8 Å². The van der Waals surface area contributed by atoms with Crippen molar-refractivity contribution in [2.45, 2.75) is 19.8 Å². The summed E-state index contributed by atoms with van der Waals surface area (Å²) in [7, 11) is 0. The van der Waals surface area contributed by atoms with E-state index in [-0.39, 0.29) is 6.61 Å². The van der Waals surface area contributed by atoms with Gasteiger partial charge in [0.25, 0.3) is 0 Å². The van der Waals surface area contributed by atoms with Gasteiger partial charge < -0.3 is 14.9 Å². The van der Waals surface area contributed by atoms with Crippen LogP contribution >= 0.6 is 0 Å². The summed E-state index contributed by atoms with van der Waals surface area (Å²) in [6, 6.07) is 6.07. The van der Waals surface area contributed by atoms with Crippen molar-refractivity contribution in [3.63, 3.8) is 0 Å². The number of nitrogens with zero attached hydrogens (tertiary/aromatic N) is 5. The molecule has 3 rings (SSSR count). The maximum absolute atomic E-state index is 9.31. The van der Waals surface area contributed by atoms with Crippen molar-refractivity contribution in [2.24, 2.45) is 15.9 Å². The van der Waals surface area contributed by atoms with E-state index in [0.717, 1.165) is 48.8 Å². The Kier molecular flexibility index (Phi) is 5.60. The molecular formula is C19H25N5O. The van der Waals surface area contributed by atoms with Crippen LogP contribution in [0.15, 0.2) is 46.3 Å². The number of pyridine rings is 1. The molecule has 0 radical (unpaired) electrons. The summed E-state index contributed by atoms with van der Waals surface area (Å²) in [6.07, 6.45) is 7.63. The van der Waals surface area contributed by atoms with Gasteiger partial charge in [0.1, 0.15) is 5.82 Å². The van der Waals surface area contributed by atoms with E-state index in [1.807, 2.05) is 37.5 Å². The minimum absolute atomic E-state index is 0.279. The summed E-state index contributed by atoms with van der Waals surface area (Å²) in [5.41, 5.74) is 2.73. The highest BCUT2D eigenvalue weighted by atomic mass is 16.3. The number of anilines is 1. The second-order valence-electron chi connectivity index (χ2n) is 6.43. The monoisotopic (exact) mass is 339 g/mol. The average Bonchev–Trinajstić information content (AvgIpc) is 2.66. The van der Waals surface area contributed by atoms with E-state index in [4.69, 9.17) is 4.98 Å². The highest BCUT2D eigenvalue weighted by molar-refractivity contribution is 5.71. The molecule has 1 N–H and O–H groups in total. The summed E-state index contributed by atoms with van der Waals surface area (Å²) >= 11 is 0. The Morgan fingerprint density at radius 3 is 2.88 bits per heavy atom. The van der Waals surface area contributed by atoms with E-state index in [9.17, 15) is 5.11 Å². The molecule has 0 amide bonds. The molecule has 1 aromatic rings. The van der Waals surface area contributed by atoms with E-state index in [2.05, 4.69) is 26.5 Å². The number of hydrogen-bond acceptors (Lipinski definition) is 6. The van der Waals surface area contributed by atoms with Gasteiger partial charge in [0.15, 0.2) is 0 Å². The zero-order valence-corrected chi connectivity index (χ0v) is 14.7. The first-order valence-corrected chi connectivity index (χ1v) is 8.68.